The predicted octanol–water partition coefficient (Wildman–Crippen LogP) is 2.07. The summed E-state index contributed by atoms with van der Waals surface area (Å²) < 4.78 is 11.8. The van der Waals surface area contributed by atoms with Gasteiger partial charge in [0.05, 0.1) is 19.3 Å². The molecule has 0 radical (unpaired) electrons. The molecule has 0 atom stereocenters. The van der Waals surface area contributed by atoms with Crippen LogP contribution >= 0.6 is 0 Å². The van der Waals surface area contributed by atoms with Crippen LogP contribution < -0.4 is 0 Å². The number of rotatable bonds is 4. The number of nitrogens with zero attached hydrogens (tertiary/aromatic N) is 1. The summed E-state index contributed by atoms with van der Waals surface area (Å²) in [7, 11) is 3.05. The lowest BCUT2D eigenvalue weighted by Crippen LogP contribution is -2.03. The van der Waals surface area contributed by atoms with Crippen molar-refractivity contribution in [2.75, 3.05) is 20.8 Å². The Morgan fingerprint density at radius 1 is 1.29 bits per heavy atom. The summed E-state index contributed by atoms with van der Waals surface area (Å²) in [5.74, 6) is -0.308. The molecule has 0 aliphatic heterocycles. The number of carbonyl (C=O) groups is 1. The van der Waals surface area contributed by atoms with Gasteiger partial charge < -0.3 is 14.0 Å². The molecule has 90 valence electrons. The molecule has 0 unspecified atom stereocenters. The second-order valence-electron chi connectivity index (χ2n) is 3.74. The Labute approximate surface area is 99.7 Å². The van der Waals surface area contributed by atoms with Gasteiger partial charge in [0.15, 0.2) is 0 Å². The van der Waals surface area contributed by atoms with E-state index in [9.17, 15) is 4.79 Å². The highest BCUT2D eigenvalue weighted by molar-refractivity contribution is 6.04. The minimum Gasteiger partial charge on any atom is -0.465 e. The Morgan fingerprint density at radius 3 is 2.76 bits per heavy atom. The molecular weight excluding hydrogens is 218 g/mol. The zero-order valence-electron chi connectivity index (χ0n) is 9.97. The second-order valence-corrected chi connectivity index (χ2v) is 3.74. The van der Waals surface area contributed by atoms with Crippen molar-refractivity contribution in [3.05, 3.63) is 36.0 Å². The normalized spacial score (nSPS) is 10.7. The number of methoxy groups -OCH3 is 2. The van der Waals surface area contributed by atoms with Crippen LogP contribution in [0.4, 0.5) is 0 Å². The minimum atomic E-state index is -0.308. The average molecular weight is 233 g/mol. The summed E-state index contributed by atoms with van der Waals surface area (Å²) in [4.78, 5) is 11.6. The van der Waals surface area contributed by atoms with Crippen LogP contribution in [0.5, 0.6) is 0 Å². The number of aromatic nitrogens is 1. The molecule has 2 aromatic rings. The van der Waals surface area contributed by atoms with Crippen LogP contribution in [0.2, 0.25) is 0 Å². The maximum absolute atomic E-state index is 11.6. The summed E-state index contributed by atoms with van der Waals surface area (Å²) in [5, 5.41) is 0.912. The quantitative estimate of drug-likeness (QED) is 0.759. The topological polar surface area (TPSA) is 40.5 Å². The van der Waals surface area contributed by atoms with Crippen molar-refractivity contribution in [1.82, 2.24) is 4.57 Å². The monoisotopic (exact) mass is 233 g/mol. The summed E-state index contributed by atoms with van der Waals surface area (Å²) in [6.07, 6.45) is 1.82. The number of ether oxygens (including phenoxy) is 2. The first-order valence-corrected chi connectivity index (χ1v) is 5.43. The fraction of sp³-hybridized carbons (Fsp3) is 0.308. The SMILES string of the molecule is COCCn1cc(C(=O)OC)c2ccccc21. The van der Waals surface area contributed by atoms with E-state index in [1.165, 1.54) is 7.11 Å². The standard InChI is InChI=1S/C13H15NO3/c1-16-8-7-14-9-11(13(15)17-2)10-5-3-4-6-12(10)14/h3-6,9H,7-8H2,1-2H3. The zero-order chi connectivity index (χ0) is 12.3. The van der Waals surface area contributed by atoms with Crippen LogP contribution in [-0.2, 0) is 16.0 Å². The van der Waals surface area contributed by atoms with Gasteiger partial charge in [-0.05, 0) is 6.07 Å². The van der Waals surface area contributed by atoms with Gasteiger partial charge in [0, 0.05) is 30.8 Å². The van der Waals surface area contributed by atoms with E-state index in [0.717, 1.165) is 10.9 Å². The van der Waals surface area contributed by atoms with Gasteiger partial charge in [-0.3, -0.25) is 0 Å². The van der Waals surface area contributed by atoms with Crippen molar-refractivity contribution in [2.24, 2.45) is 0 Å². The lowest BCUT2D eigenvalue weighted by Gasteiger charge is -2.03. The summed E-state index contributed by atoms with van der Waals surface area (Å²) >= 11 is 0. The third kappa shape index (κ3) is 2.17. The van der Waals surface area contributed by atoms with Crippen LogP contribution in [0, 0.1) is 0 Å². The molecular formula is C13H15NO3. The van der Waals surface area contributed by atoms with Gasteiger partial charge in [-0.2, -0.15) is 0 Å². The first kappa shape index (κ1) is 11.7. The van der Waals surface area contributed by atoms with Crippen molar-refractivity contribution < 1.29 is 14.3 Å². The number of carbonyl (C=O) groups excluding carboxylic acids is 1. The van der Waals surface area contributed by atoms with Gasteiger partial charge in [-0.15, -0.1) is 0 Å². The van der Waals surface area contributed by atoms with E-state index in [2.05, 4.69) is 0 Å². The molecule has 2 rings (SSSR count). The lowest BCUT2D eigenvalue weighted by molar-refractivity contribution is 0.0602. The smallest absolute Gasteiger partial charge is 0.340 e. The first-order valence-electron chi connectivity index (χ1n) is 5.43. The van der Waals surface area contributed by atoms with E-state index in [-0.39, 0.29) is 5.97 Å². The third-order valence-electron chi connectivity index (χ3n) is 2.73. The fourth-order valence-electron chi connectivity index (χ4n) is 1.89. The van der Waals surface area contributed by atoms with Crippen LogP contribution in [0.3, 0.4) is 0 Å². The molecule has 0 spiro atoms. The zero-order valence-corrected chi connectivity index (χ0v) is 9.97. The summed E-state index contributed by atoms with van der Waals surface area (Å²) in [5.41, 5.74) is 1.61. The molecule has 0 N–H and O–H groups in total. The van der Waals surface area contributed by atoms with E-state index < -0.39 is 0 Å². The van der Waals surface area contributed by atoms with Crippen molar-refractivity contribution in [3.8, 4) is 0 Å². The van der Waals surface area contributed by atoms with E-state index in [4.69, 9.17) is 9.47 Å². The number of para-hydroxylation sites is 1. The molecule has 0 saturated heterocycles. The van der Waals surface area contributed by atoms with Gasteiger partial charge in [0.1, 0.15) is 0 Å². The molecule has 0 aliphatic carbocycles. The van der Waals surface area contributed by atoms with Crippen LogP contribution in [-0.4, -0.2) is 31.4 Å². The van der Waals surface area contributed by atoms with Crippen LogP contribution in [0.1, 0.15) is 10.4 Å². The van der Waals surface area contributed by atoms with Crippen LogP contribution in [0.15, 0.2) is 30.5 Å². The molecule has 17 heavy (non-hydrogen) atoms. The Balaban J connectivity index is 2.50. The largest absolute Gasteiger partial charge is 0.465 e. The maximum Gasteiger partial charge on any atom is 0.340 e. The third-order valence-corrected chi connectivity index (χ3v) is 2.73. The van der Waals surface area contributed by atoms with Gasteiger partial charge in [0.2, 0.25) is 0 Å². The molecule has 0 bridgehead atoms. The highest BCUT2D eigenvalue weighted by Gasteiger charge is 2.14. The van der Waals surface area contributed by atoms with Crippen LogP contribution in [0.25, 0.3) is 10.9 Å². The fourth-order valence-corrected chi connectivity index (χ4v) is 1.89. The first-order chi connectivity index (χ1) is 8.27. The molecule has 4 nitrogen and oxygen atoms in total. The van der Waals surface area contributed by atoms with Gasteiger partial charge in [-0.1, -0.05) is 18.2 Å². The number of benzene rings is 1. The Hall–Kier alpha value is -1.81. The lowest BCUT2D eigenvalue weighted by atomic mass is 10.2. The van der Waals surface area contributed by atoms with Crippen molar-refractivity contribution in [1.29, 1.82) is 0 Å². The molecule has 0 saturated carbocycles. The molecule has 1 aromatic heterocycles. The Morgan fingerprint density at radius 2 is 2.06 bits per heavy atom. The maximum atomic E-state index is 11.6. The highest BCUT2D eigenvalue weighted by atomic mass is 16.5. The molecule has 1 heterocycles. The number of esters is 1. The molecule has 0 aliphatic rings. The van der Waals surface area contributed by atoms with Crippen molar-refractivity contribution in [2.45, 2.75) is 6.54 Å². The highest BCUT2D eigenvalue weighted by Crippen LogP contribution is 2.21. The van der Waals surface area contributed by atoms with E-state index in [1.54, 1.807) is 7.11 Å². The van der Waals surface area contributed by atoms with Crippen molar-refractivity contribution >= 4 is 16.9 Å². The molecule has 0 fully saturated rings. The second kappa shape index (κ2) is 5.01. The van der Waals surface area contributed by atoms with Gasteiger partial charge in [-0.25, -0.2) is 4.79 Å². The Kier molecular flexibility index (Phi) is 3.44. The number of hydrogen-bond donors (Lipinski definition) is 0. The van der Waals surface area contributed by atoms with E-state index >= 15 is 0 Å². The molecule has 1 aromatic carbocycles. The Bertz CT molecular complexity index is 530. The van der Waals surface area contributed by atoms with Crippen molar-refractivity contribution in [3.63, 3.8) is 0 Å². The molecule has 4 heteroatoms. The average Bonchev–Trinajstić information content (AvgIpc) is 2.74. The predicted molar refractivity (Wildman–Crippen MR) is 65.2 cm³/mol. The summed E-state index contributed by atoms with van der Waals surface area (Å²) in [6.45, 7) is 1.33. The van der Waals surface area contributed by atoms with E-state index in [1.807, 2.05) is 35.0 Å². The number of hydrogen-bond acceptors (Lipinski definition) is 3. The minimum absolute atomic E-state index is 0.308. The van der Waals surface area contributed by atoms with Gasteiger partial charge in [0.25, 0.3) is 0 Å². The molecule has 0 amide bonds. The summed E-state index contributed by atoms with van der Waals surface area (Å²) in [6, 6.07) is 7.77. The van der Waals surface area contributed by atoms with E-state index in [0.29, 0.717) is 18.7 Å². The van der Waals surface area contributed by atoms with Gasteiger partial charge >= 0.3 is 5.97 Å². The number of fused-ring (bicyclic) bond motifs is 1.